The Morgan fingerprint density at radius 3 is 2.65 bits per heavy atom. The topological polar surface area (TPSA) is 60.2 Å². The van der Waals surface area contributed by atoms with Crippen molar-refractivity contribution in [2.45, 2.75) is 32.6 Å². The zero-order valence-corrected chi connectivity index (χ0v) is 9.96. The van der Waals surface area contributed by atoms with Crippen LogP contribution in [0.3, 0.4) is 0 Å². The molecule has 3 atom stereocenters. The van der Waals surface area contributed by atoms with Gasteiger partial charge in [-0.25, -0.2) is 0 Å². The molecule has 1 fully saturated rings. The molecule has 0 aromatic carbocycles. The molecule has 17 heavy (non-hydrogen) atoms. The van der Waals surface area contributed by atoms with Crippen LogP contribution in [0.2, 0.25) is 0 Å². The van der Waals surface area contributed by atoms with Crippen LogP contribution in [0.15, 0.2) is 23.9 Å². The van der Waals surface area contributed by atoms with Gasteiger partial charge in [0.2, 0.25) is 5.70 Å². The lowest BCUT2D eigenvalue weighted by Crippen LogP contribution is -2.09. The summed E-state index contributed by atoms with van der Waals surface area (Å²) in [5, 5.41) is 10.9. The first kappa shape index (κ1) is 12.0. The first-order valence-electron chi connectivity index (χ1n) is 6.09. The standard InChI is InChI=1S/C13H17NO3/c1-9(15)2-5-13(14(16)17)8-12-7-10-3-4-11(12)6-10/h3-4,8,10-12H,2,5-7H2,1H3/b13-8-/t10-,11+,12?/m0/s1. The smallest absolute Gasteiger partial charge is 0.243 e. The lowest BCUT2D eigenvalue weighted by Gasteiger charge is -2.13. The minimum Gasteiger partial charge on any atom is -0.300 e. The number of hydrogen-bond donors (Lipinski definition) is 0. The predicted molar refractivity (Wildman–Crippen MR) is 63.8 cm³/mol. The van der Waals surface area contributed by atoms with Crippen LogP contribution in [0.4, 0.5) is 0 Å². The van der Waals surface area contributed by atoms with E-state index in [-0.39, 0.29) is 29.2 Å². The lowest BCUT2D eigenvalue weighted by molar-refractivity contribution is -0.428. The molecule has 2 aliphatic carbocycles. The Morgan fingerprint density at radius 2 is 2.18 bits per heavy atom. The average Bonchev–Trinajstić information content (AvgIpc) is 2.84. The van der Waals surface area contributed by atoms with Crippen LogP contribution in [-0.2, 0) is 4.79 Å². The number of carbonyl (C=O) groups is 1. The molecule has 0 spiro atoms. The van der Waals surface area contributed by atoms with Crippen LogP contribution < -0.4 is 0 Å². The van der Waals surface area contributed by atoms with Gasteiger partial charge in [-0.2, -0.15) is 0 Å². The van der Waals surface area contributed by atoms with E-state index in [0.29, 0.717) is 17.8 Å². The average molecular weight is 235 g/mol. The molecular formula is C13H17NO3. The summed E-state index contributed by atoms with van der Waals surface area (Å²) in [6, 6.07) is 0. The maximum atomic E-state index is 10.9. The number of nitrogens with zero attached hydrogens (tertiary/aromatic N) is 1. The largest absolute Gasteiger partial charge is 0.300 e. The molecule has 2 rings (SSSR count). The van der Waals surface area contributed by atoms with E-state index in [0.717, 1.165) is 12.8 Å². The fourth-order valence-corrected chi connectivity index (χ4v) is 2.80. The van der Waals surface area contributed by atoms with E-state index >= 15 is 0 Å². The molecule has 92 valence electrons. The minimum absolute atomic E-state index is 0.00517. The summed E-state index contributed by atoms with van der Waals surface area (Å²) >= 11 is 0. The second-order valence-corrected chi connectivity index (χ2v) is 5.06. The van der Waals surface area contributed by atoms with Crippen molar-refractivity contribution in [1.82, 2.24) is 0 Å². The summed E-state index contributed by atoms with van der Waals surface area (Å²) in [4.78, 5) is 21.5. The molecule has 0 aliphatic heterocycles. The van der Waals surface area contributed by atoms with Crippen molar-refractivity contribution < 1.29 is 9.72 Å². The van der Waals surface area contributed by atoms with Crippen LogP contribution in [0.1, 0.15) is 32.6 Å². The molecule has 0 aromatic heterocycles. The molecule has 2 bridgehead atoms. The highest BCUT2D eigenvalue weighted by molar-refractivity contribution is 5.75. The minimum atomic E-state index is -0.335. The molecule has 1 saturated carbocycles. The Balaban J connectivity index is 2.03. The number of fused-ring (bicyclic) bond motifs is 2. The van der Waals surface area contributed by atoms with E-state index in [2.05, 4.69) is 12.2 Å². The summed E-state index contributed by atoms with van der Waals surface area (Å²) in [6.45, 7) is 1.47. The van der Waals surface area contributed by atoms with E-state index in [4.69, 9.17) is 0 Å². The Hall–Kier alpha value is -1.45. The second kappa shape index (κ2) is 4.82. The van der Waals surface area contributed by atoms with Crippen LogP contribution >= 0.6 is 0 Å². The van der Waals surface area contributed by atoms with Gasteiger partial charge in [0.25, 0.3) is 0 Å². The molecule has 0 radical (unpaired) electrons. The Kier molecular flexibility index (Phi) is 3.41. The first-order chi connectivity index (χ1) is 8.06. The van der Waals surface area contributed by atoms with Gasteiger partial charge in [-0.05, 0) is 43.6 Å². The van der Waals surface area contributed by atoms with Crippen LogP contribution in [-0.4, -0.2) is 10.7 Å². The molecule has 1 unspecified atom stereocenters. The summed E-state index contributed by atoms with van der Waals surface area (Å²) in [5.41, 5.74) is 0.214. The molecule has 0 N–H and O–H groups in total. The molecule has 4 heteroatoms. The number of ketones is 1. The quantitative estimate of drug-likeness (QED) is 0.418. The Morgan fingerprint density at radius 1 is 1.41 bits per heavy atom. The SMILES string of the molecule is CC(=O)CC/C(=C/C1C[C@H]2C=C[C@@H]1C2)[N+](=O)[O-]. The fraction of sp³-hybridized carbons (Fsp3) is 0.615. The van der Waals surface area contributed by atoms with E-state index in [9.17, 15) is 14.9 Å². The third-order valence-corrected chi connectivity index (χ3v) is 3.70. The third-order valence-electron chi connectivity index (χ3n) is 3.70. The van der Waals surface area contributed by atoms with Crippen molar-refractivity contribution in [1.29, 1.82) is 0 Å². The molecule has 0 amide bonds. The van der Waals surface area contributed by atoms with Crippen LogP contribution in [0.25, 0.3) is 0 Å². The zero-order valence-electron chi connectivity index (χ0n) is 9.96. The fourth-order valence-electron chi connectivity index (χ4n) is 2.80. The zero-order chi connectivity index (χ0) is 12.4. The number of nitro groups is 1. The van der Waals surface area contributed by atoms with Crippen molar-refractivity contribution in [2.24, 2.45) is 17.8 Å². The summed E-state index contributed by atoms with van der Waals surface area (Å²) in [5.74, 6) is 1.40. The molecule has 0 aromatic rings. The molecule has 2 aliphatic rings. The van der Waals surface area contributed by atoms with Gasteiger partial charge in [0.05, 0.1) is 4.92 Å². The van der Waals surface area contributed by atoms with Gasteiger partial charge >= 0.3 is 0 Å². The van der Waals surface area contributed by atoms with Gasteiger partial charge in [0.15, 0.2) is 0 Å². The number of hydrogen-bond acceptors (Lipinski definition) is 3. The van der Waals surface area contributed by atoms with E-state index < -0.39 is 0 Å². The van der Waals surface area contributed by atoms with Gasteiger partial charge in [-0.1, -0.05) is 12.2 Å². The number of allylic oxidation sites excluding steroid dienone is 4. The van der Waals surface area contributed by atoms with Crippen LogP contribution in [0.5, 0.6) is 0 Å². The predicted octanol–water partition coefficient (Wildman–Crippen LogP) is 2.73. The van der Waals surface area contributed by atoms with Gasteiger partial charge in [0, 0.05) is 12.8 Å². The maximum Gasteiger partial charge on any atom is 0.243 e. The van der Waals surface area contributed by atoms with E-state index in [1.54, 1.807) is 6.08 Å². The Bertz CT molecular complexity index is 397. The van der Waals surface area contributed by atoms with Gasteiger partial charge in [-0.3, -0.25) is 10.1 Å². The highest BCUT2D eigenvalue weighted by Crippen LogP contribution is 2.44. The normalized spacial score (nSPS) is 30.9. The highest BCUT2D eigenvalue weighted by Gasteiger charge is 2.35. The monoisotopic (exact) mass is 235 g/mol. The van der Waals surface area contributed by atoms with Gasteiger partial charge in [0.1, 0.15) is 5.78 Å². The Labute approximate surface area is 101 Å². The molecule has 0 heterocycles. The van der Waals surface area contributed by atoms with Gasteiger partial charge in [-0.15, -0.1) is 0 Å². The summed E-state index contributed by atoms with van der Waals surface area (Å²) in [7, 11) is 0. The second-order valence-electron chi connectivity index (χ2n) is 5.06. The molecule has 4 nitrogen and oxygen atoms in total. The molecular weight excluding hydrogens is 218 g/mol. The third kappa shape index (κ3) is 2.81. The number of Topliss-reactive ketones (excluding diaryl/α,β-unsaturated/α-hetero) is 1. The number of carbonyl (C=O) groups excluding carboxylic acids is 1. The van der Waals surface area contributed by atoms with Crippen molar-refractivity contribution in [3.63, 3.8) is 0 Å². The summed E-state index contributed by atoms with van der Waals surface area (Å²) in [6.07, 6.45) is 8.88. The van der Waals surface area contributed by atoms with E-state index in [1.807, 2.05) is 0 Å². The highest BCUT2D eigenvalue weighted by atomic mass is 16.6. The van der Waals surface area contributed by atoms with Crippen molar-refractivity contribution >= 4 is 5.78 Å². The van der Waals surface area contributed by atoms with Gasteiger partial charge < -0.3 is 4.79 Å². The maximum absolute atomic E-state index is 10.9. The number of rotatable bonds is 5. The van der Waals surface area contributed by atoms with Crippen molar-refractivity contribution in [3.05, 3.63) is 34.0 Å². The van der Waals surface area contributed by atoms with Crippen molar-refractivity contribution in [2.75, 3.05) is 0 Å². The van der Waals surface area contributed by atoms with Crippen molar-refractivity contribution in [3.8, 4) is 0 Å². The molecule has 0 saturated heterocycles. The lowest BCUT2D eigenvalue weighted by atomic mass is 9.92. The summed E-state index contributed by atoms with van der Waals surface area (Å²) < 4.78 is 0. The van der Waals surface area contributed by atoms with E-state index in [1.165, 1.54) is 6.92 Å². The van der Waals surface area contributed by atoms with Crippen LogP contribution in [0, 0.1) is 27.9 Å². The first-order valence-corrected chi connectivity index (χ1v) is 6.09.